The molecule has 1 aromatic carbocycles. The molecule has 0 spiro atoms. The van der Waals surface area contributed by atoms with Crippen LogP contribution in [0.3, 0.4) is 0 Å². The van der Waals surface area contributed by atoms with Crippen LogP contribution >= 0.6 is 15.9 Å². The first-order valence-electron chi connectivity index (χ1n) is 6.63. The first-order chi connectivity index (χ1) is 8.43. The molecule has 1 aliphatic rings. The van der Waals surface area contributed by atoms with Crippen LogP contribution in [0.5, 0.6) is 0 Å². The molecular formula is C15H23BrN2. The Morgan fingerprint density at radius 1 is 1.44 bits per heavy atom. The van der Waals surface area contributed by atoms with Crippen molar-refractivity contribution < 1.29 is 0 Å². The van der Waals surface area contributed by atoms with Crippen LogP contribution in [0.4, 0.5) is 0 Å². The number of hydrogen-bond donors (Lipinski definition) is 1. The fourth-order valence-corrected chi connectivity index (χ4v) is 3.04. The molecule has 2 N–H and O–H groups in total. The van der Waals surface area contributed by atoms with Gasteiger partial charge in [-0.2, -0.15) is 0 Å². The van der Waals surface area contributed by atoms with Crippen LogP contribution in [0.25, 0.3) is 0 Å². The fraction of sp³-hybridized carbons (Fsp3) is 0.600. The van der Waals surface area contributed by atoms with E-state index in [0.29, 0.717) is 18.0 Å². The third-order valence-corrected chi connectivity index (χ3v) is 4.83. The molecule has 1 saturated heterocycles. The van der Waals surface area contributed by atoms with Crippen molar-refractivity contribution in [2.24, 2.45) is 11.1 Å². The molecule has 1 aromatic rings. The lowest BCUT2D eigenvalue weighted by molar-refractivity contribution is 0.223. The molecule has 0 amide bonds. The normalized spacial score (nSPS) is 21.2. The molecular weight excluding hydrogens is 288 g/mol. The summed E-state index contributed by atoms with van der Waals surface area (Å²) in [7, 11) is 0. The van der Waals surface area contributed by atoms with Gasteiger partial charge in [-0.3, -0.25) is 4.90 Å². The van der Waals surface area contributed by atoms with Gasteiger partial charge in [0.25, 0.3) is 0 Å². The molecule has 1 atom stereocenters. The summed E-state index contributed by atoms with van der Waals surface area (Å²) < 4.78 is 1.17. The number of nitrogens with two attached hydrogens (primary N) is 1. The molecule has 0 saturated carbocycles. The minimum Gasteiger partial charge on any atom is -0.329 e. The molecule has 18 heavy (non-hydrogen) atoms. The Morgan fingerprint density at radius 2 is 2.17 bits per heavy atom. The fourth-order valence-electron chi connectivity index (χ4n) is 2.79. The number of hydrogen-bond acceptors (Lipinski definition) is 2. The van der Waals surface area contributed by atoms with Crippen LogP contribution in [0.15, 0.2) is 22.7 Å². The Bertz CT molecular complexity index is 429. The lowest BCUT2D eigenvalue weighted by Gasteiger charge is -2.29. The monoisotopic (exact) mass is 310 g/mol. The number of aryl methyl sites for hydroxylation is 1. The second kappa shape index (κ2) is 5.32. The molecule has 0 aromatic heterocycles. The molecule has 1 heterocycles. The minimum absolute atomic E-state index is 0.360. The lowest BCUT2D eigenvalue weighted by atomic mass is 9.93. The molecule has 1 fully saturated rings. The maximum Gasteiger partial charge on any atom is 0.0470 e. The minimum atomic E-state index is 0.360. The summed E-state index contributed by atoms with van der Waals surface area (Å²) in [5.41, 5.74) is 9.06. The van der Waals surface area contributed by atoms with Gasteiger partial charge >= 0.3 is 0 Å². The van der Waals surface area contributed by atoms with Gasteiger partial charge < -0.3 is 5.73 Å². The van der Waals surface area contributed by atoms with Gasteiger partial charge in [-0.15, -0.1) is 0 Å². The van der Waals surface area contributed by atoms with Gasteiger partial charge in [0, 0.05) is 23.6 Å². The second-order valence-corrected chi connectivity index (χ2v) is 7.00. The molecule has 1 unspecified atom stereocenters. The summed E-state index contributed by atoms with van der Waals surface area (Å²) in [6, 6.07) is 6.94. The van der Waals surface area contributed by atoms with Crippen LogP contribution in [-0.2, 0) is 0 Å². The van der Waals surface area contributed by atoms with Gasteiger partial charge in [0.15, 0.2) is 0 Å². The number of nitrogens with zero attached hydrogens (tertiary/aromatic N) is 1. The van der Waals surface area contributed by atoms with E-state index in [1.165, 1.54) is 22.0 Å². The third kappa shape index (κ3) is 2.95. The van der Waals surface area contributed by atoms with E-state index in [0.717, 1.165) is 13.1 Å². The highest BCUT2D eigenvalue weighted by Crippen LogP contribution is 2.35. The van der Waals surface area contributed by atoms with Gasteiger partial charge in [0.1, 0.15) is 0 Å². The quantitative estimate of drug-likeness (QED) is 0.926. The molecule has 0 bridgehead atoms. The summed E-state index contributed by atoms with van der Waals surface area (Å²) in [5, 5.41) is 0. The van der Waals surface area contributed by atoms with E-state index in [1.54, 1.807) is 0 Å². The Morgan fingerprint density at radius 3 is 2.67 bits per heavy atom. The molecule has 3 heteroatoms. The molecule has 2 nitrogen and oxygen atoms in total. The Hall–Kier alpha value is -0.380. The van der Waals surface area contributed by atoms with Crippen molar-refractivity contribution in [3.05, 3.63) is 33.8 Å². The summed E-state index contributed by atoms with van der Waals surface area (Å²) in [5.74, 6) is 0. The second-order valence-electron chi connectivity index (χ2n) is 6.14. The Kier molecular flexibility index (Phi) is 4.15. The zero-order chi connectivity index (χ0) is 13.3. The maximum absolute atomic E-state index is 6.01. The van der Waals surface area contributed by atoms with Crippen LogP contribution < -0.4 is 5.73 Å². The lowest BCUT2D eigenvalue weighted by Crippen LogP contribution is -2.33. The highest BCUT2D eigenvalue weighted by atomic mass is 79.9. The largest absolute Gasteiger partial charge is 0.329 e. The summed E-state index contributed by atoms with van der Waals surface area (Å²) in [4.78, 5) is 2.53. The van der Waals surface area contributed by atoms with Gasteiger partial charge in [0.2, 0.25) is 0 Å². The molecule has 0 radical (unpaired) electrons. The Balaban J connectivity index is 2.21. The van der Waals surface area contributed by atoms with Crippen LogP contribution in [-0.4, -0.2) is 24.5 Å². The third-order valence-electron chi connectivity index (χ3n) is 3.94. The standard InChI is InChI=1S/C15H23BrN2/c1-11-8-12(4-5-13(11)16)14(9-17)18-7-6-15(2,3)10-18/h4-5,8,14H,6-7,9-10,17H2,1-3H3. The highest BCUT2D eigenvalue weighted by molar-refractivity contribution is 9.10. The number of halogens is 1. The average Bonchev–Trinajstić information content (AvgIpc) is 2.65. The van der Waals surface area contributed by atoms with E-state index in [-0.39, 0.29) is 0 Å². The SMILES string of the molecule is Cc1cc(C(CN)N2CCC(C)(C)C2)ccc1Br. The zero-order valence-electron chi connectivity index (χ0n) is 11.5. The molecule has 1 aliphatic heterocycles. The number of likely N-dealkylation sites (tertiary alicyclic amines) is 1. The Labute approximate surface area is 119 Å². The molecule has 100 valence electrons. The van der Waals surface area contributed by atoms with Crippen molar-refractivity contribution in [3.63, 3.8) is 0 Å². The summed E-state index contributed by atoms with van der Waals surface area (Å²) in [6.45, 7) is 9.81. The van der Waals surface area contributed by atoms with E-state index in [1.807, 2.05) is 0 Å². The smallest absolute Gasteiger partial charge is 0.0470 e. The summed E-state index contributed by atoms with van der Waals surface area (Å²) >= 11 is 3.56. The maximum atomic E-state index is 6.01. The molecule has 2 rings (SSSR count). The van der Waals surface area contributed by atoms with E-state index >= 15 is 0 Å². The molecule has 0 aliphatic carbocycles. The van der Waals surface area contributed by atoms with Gasteiger partial charge in [-0.05, 0) is 42.5 Å². The van der Waals surface area contributed by atoms with Crippen LogP contribution in [0.1, 0.15) is 37.4 Å². The van der Waals surface area contributed by atoms with Crippen molar-refractivity contribution >= 4 is 15.9 Å². The van der Waals surface area contributed by atoms with Gasteiger partial charge in [-0.1, -0.05) is 41.9 Å². The number of benzene rings is 1. The predicted molar refractivity (Wildman–Crippen MR) is 80.6 cm³/mol. The van der Waals surface area contributed by atoms with Crippen LogP contribution in [0.2, 0.25) is 0 Å². The van der Waals surface area contributed by atoms with Crippen molar-refractivity contribution in [1.82, 2.24) is 4.90 Å². The topological polar surface area (TPSA) is 29.3 Å². The summed E-state index contributed by atoms with van der Waals surface area (Å²) in [6.07, 6.45) is 1.26. The van der Waals surface area contributed by atoms with Crippen molar-refractivity contribution in [2.75, 3.05) is 19.6 Å². The van der Waals surface area contributed by atoms with E-state index in [9.17, 15) is 0 Å². The van der Waals surface area contributed by atoms with E-state index < -0.39 is 0 Å². The first-order valence-corrected chi connectivity index (χ1v) is 7.42. The van der Waals surface area contributed by atoms with E-state index in [4.69, 9.17) is 5.73 Å². The highest BCUT2D eigenvalue weighted by Gasteiger charge is 2.33. The van der Waals surface area contributed by atoms with Crippen molar-refractivity contribution in [1.29, 1.82) is 0 Å². The van der Waals surface area contributed by atoms with Crippen LogP contribution in [0, 0.1) is 12.3 Å². The number of rotatable bonds is 3. The van der Waals surface area contributed by atoms with Crippen molar-refractivity contribution in [3.8, 4) is 0 Å². The zero-order valence-corrected chi connectivity index (χ0v) is 13.1. The van der Waals surface area contributed by atoms with Gasteiger partial charge in [-0.25, -0.2) is 0 Å². The van der Waals surface area contributed by atoms with Crippen molar-refractivity contribution in [2.45, 2.75) is 33.2 Å². The van der Waals surface area contributed by atoms with Gasteiger partial charge in [0.05, 0.1) is 0 Å². The average molecular weight is 311 g/mol. The first kappa shape index (κ1) is 14.0. The van der Waals surface area contributed by atoms with E-state index in [2.05, 4.69) is 59.8 Å². The predicted octanol–water partition coefficient (Wildman–Crippen LogP) is 3.49.